The van der Waals surface area contributed by atoms with Crippen molar-refractivity contribution in [3.63, 3.8) is 0 Å². The van der Waals surface area contributed by atoms with E-state index in [0.29, 0.717) is 12.5 Å². The van der Waals surface area contributed by atoms with Crippen LogP contribution in [-0.2, 0) is 0 Å². The van der Waals surface area contributed by atoms with E-state index in [0.717, 1.165) is 12.2 Å². The van der Waals surface area contributed by atoms with Crippen molar-refractivity contribution < 1.29 is 4.74 Å². The van der Waals surface area contributed by atoms with Crippen molar-refractivity contribution in [1.82, 2.24) is 0 Å². The van der Waals surface area contributed by atoms with E-state index in [1.807, 2.05) is 18.2 Å². The molecule has 1 nitrogen and oxygen atoms in total. The quantitative estimate of drug-likeness (QED) is 0.561. The maximum absolute atomic E-state index is 5.75. The van der Waals surface area contributed by atoms with Gasteiger partial charge < -0.3 is 4.74 Å². The van der Waals surface area contributed by atoms with Gasteiger partial charge in [0, 0.05) is 5.88 Å². The lowest BCUT2D eigenvalue weighted by Gasteiger charge is -2.12. The molecule has 0 aromatic heterocycles. The van der Waals surface area contributed by atoms with E-state index >= 15 is 0 Å². The van der Waals surface area contributed by atoms with E-state index in [2.05, 4.69) is 37.3 Å². The summed E-state index contributed by atoms with van der Waals surface area (Å²) in [5, 5.41) is 0. The Morgan fingerprint density at radius 3 is 2.50 bits per heavy atom. The number of hydrogen-bond acceptors (Lipinski definition) is 1. The van der Waals surface area contributed by atoms with E-state index in [4.69, 9.17) is 16.3 Å². The average Bonchev–Trinajstić information content (AvgIpc) is 2.42. The van der Waals surface area contributed by atoms with Crippen molar-refractivity contribution in [2.45, 2.75) is 13.3 Å². The van der Waals surface area contributed by atoms with Crippen molar-refractivity contribution >= 4 is 11.6 Å². The molecule has 18 heavy (non-hydrogen) atoms. The summed E-state index contributed by atoms with van der Waals surface area (Å²) in [5.74, 6) is 1.58. The molecule has 0 saturated heterocycles. The maximum atomic E-state index is 5.75. The van der Waals surface area contributed by atoms with Gasteiger partial charge in [-0.15, -0.1) is 11.6 Å². The van der Waals surface area contributed by atoms with Gasteiger partial charge in [0.2, 0.25) is 0 Å². The lowest BCUT2D eigenvalue weighted by atomic mass is 10.00. The van der Waals surface area contributed by atoms with Crippen molar-refractivity contribution in [1.29, 1.82) is 0 Å². The number of benzene rings is 2. The highest BCUT2D eigenvalue weighted by Gasteiger charge is 2.06. The number of halogens is 1. The lowest BCUT2D eigenvalue weighted by Crippen LogP contribution is -2.00. The topological polar surface area (TPSA) is 9.23 Å². The van der Waals surface area contributed by atoms with E-state index < -0.39 is 0 Å². The molecule has 0 aliphatic heterocycles. The van der Waals surface area contributed by atoms with Gasteiger partial charge in [0.15, 0.2) is 0 Å². The van der Waals surface area contributed by atoms with E-state index in [-0.39, 0.29) is 0 Å². The first-order valence-corrected chi connectivity index (χ1v) is 6.70. The van der Waals surface area contributed by atoms with E-state index in [1.165, 1.54) is 16.7 Å². The first-order valence-electron chi connectivity index (χ1n) is 6.16. The predicted molar refractivity (Wildman–Crippen MR) is 77.4 cm³/mol. The monoisotopic (exact) mass is 260 g/mol. The third-order valence-electron chi connectivity index (χ3n) is 2.90. The van der Waals surface area contributed by atoms with Crippen LogP contribution in [0.2, 0.25) is 0 Å². The molecular formula is C16H17ClO. The van der Waals surface area contributed by atoms with Gasteiger partial charge in [-0.05, 0) is 36.1 Å². The maximum Gasteiger partial charge on any atom is 0.122 e. The second kappa shape index (κ2) is 6.46. The van der Waals surface area contributed by atoms with Crippen LogP contribution in [0.15, 0.2) is 48.5 Å². The zero-order chi connectivity index (χ0) is 12.8. The summed E-state index contributed by atoms with van der Waals surface area (Å²) in [6.45, 7) is 2.76. The van der Waals surface area contributed by atoms with Gasteiger partial charge in [0.25, 0.3) is 0 Å². The van der Waals surface area contributed by atoms with Gasteiger partial charge in [-0.2, -0.15) is 0 Å². The normalized spacial score (nSPS) is 10.3. The van der Waals surface area contributed by atoms with Crippen LogP contribution < -0.4 is 4.74 Å². The zero-order valence-electron chi connectivity index (χ0n) is 10.5. The minimum Gasteiger partial charge on any atom is -0.493 e. The molecule has 2 aromatic rings. The van der Waals surface area contributed by atoms with Gasteiger partial charge in [0.1, 0.15) is 5.75 Å². The highest BCUT2D eigenvalue weighted by molar-refractivity contribution is 6.17. The number of hydrogen-bond donors (Lipinski definition) is 0. The van der Waals surface area contributed by atoms with Gasteiger partial charge in [-0.1, -0.05) is 42.5 Å². The molecule has 0 N–H and O–H groups in total. The Bertz CT molecular complexity index is 494. The van der Waals surface area contributed by atoms with Crippen LogP contribution in [0.25, 0.3) is 11.1 Å². The van der Waals surface area contributed by atoms with Crippen molar-refractivity contribution in [2.24, 2.45) is 0 Å². The van der Waals surface area contributed by atoms with Crippen LogP contribution in [-0.4, -0.2) is 12.5 Å². The average molecular weight is 261 g/mol. The second-order valence-corrected chi connectivity index (χ2v) is 4.56. The molecule has 2 aromatic carbocycles. The highest BCUT2D eigenvalue weighted by Crippen LogP contribution is 2.29. The summed E-state index contributed by atoms with van der Waals surface area (Å²) in [6.07, 6.45) is 0.872. The van der Waals surface area contributed by atoms with Gasteiger partial charge in [0.05, 0.1) is 6.61 Å². The van der Waals surface area contributed by atoms with Gasteiger partial charge in [-0.3, -0.25) is 0 Å². The summed E-state index contributed by atoms with van der Waals surface area (Å²) >= 11 is 5.65. The molecular weight excluding hydrogens is 244 g/mol. The summed E-state index contributed by atoms with van der Waals surface area (Å²) in [7, 11) is 0. The molecule has 0 radical (unpaired) electrons. The summed E-state index contributed by atoms with van der Waals surface area (Å²) in [5.41, 5.74) is 3.62. The van der Waals surface area contributed by atoms with Crippen molar-refractivity contribution in [3.05, 3.63) is 54.1 Å². The van der Waals surface area contributed by atoms with Gasteiger partial charge in [-0.25, -0.2) is 0 Å². The summed E-state index contributed by atoms with van der Waals surface area (Å²) < 4.78 is 5.75. The van der Waals surface area contributed by atoms with Crippen LogP contribution in [0.3, 0.4) is 0 Å². The predicted octanol–water partition coefficient (Wildman–Crippen LogP) is 4.67. The number of ether oxygens (including phenoxy) is 1. The molecule has 0 aliphatic carbocycles. The minimum absolute atomic E-state index is 0.636. The Balaban J connectivity index is 2.25. The SMILES string of the molecule is Cc1c(OCCCCl)cccc1-c1ccccc1. The Labute approximate surface area is 113 Å². The molecule has 0 aliphatic rings. The molecule has 0 unspecified atom stereocenters. The van der Waals surface area contributed by atoms with Crippen LogP contribution in [0.1, 0.15) is 12.0 Å². The molecule has 0 fully saturated rings. The first-order chi connectivity index (χ1) is 8.83. The molecule has 0 spiro atoms. The number of alkyl halides is 1. The highest BCUT2D eigenvalue weighted by atomic mass is 35.5. The molecule has 0 saturated carbocycles. The van der Waals surface area contributed by atoms with Crippen LogP contribution in [0, 0.1) is 6.92 Å². The summed E-state index contributed by atoms with van der Waals surface area (Å²) in [4.78, 5) is 0. The van der Waals surface area contributed by atoms with E-state index in [1.54, 1.807) is 0 Å². The third-order valence-corrected chi connectivity index (χ3v) is 3.17. The Morgan fingerprint density at radius 2 is 1.78 bits per heavy atom. The standard InChI is InChI=1S/C16H17ClO/c1-13-15(14-7-3-2-4-8-14)9-5-10-16(13)18-12-6-11-17/h2-5,7-10H,6,11-12H2,1H3. The minimum atomic E-state index is 0.636. The van der Waals surface area contributed by atoms with Crippen molar-refractivity contribution in [3.8, 4) is 16.9 Å². The molecule has 2 rings (SSSR count). The Morgan fingerprint density at radius 1 is 1.00 bits per heavy atom. The zero-order valence-corrected chi connectivity index (χ0v) is 11.3. The van der Waals surface area contributed by atoms with Crippen molar-refractivity contribution in [2.75, 3.05) is 12.5 Å². The molecule has 94 valence electrons. The Hall–Kier alpha value is -1.47. The van der Waals surface area contributed by atoms with E-state index in [9.17, 15) is 0 Å². The first kappa shape index (κ1) is 13.0. The largest absolute Gasteiger partial charge is 0.493 e. The van der Waals surface area contributed by atoms with Gasteiger partial charge >= 0.3 is 0 Å². The second-order valence-electron chi connectivity index (χ2n) is 4.19. The lowest BCUT2D eigenvalue weighted by molar-refractivity contribution is 0.316. The third kappa shape index (κ3) is 3.05. The number of rotatable bonds is 5. The molecule has 0 atom stereocenters. The fourth-order valence-electron chi connectivity index (χ4n) is 1.94. The molecule has 0 heterocycles. The fourth-order valence-corrected chi connectivity index (χ4v) is 2.05. The molecule has 0 amide bonds. The smallest absolute Gasteiger partial charge is 0.122 e. The summed E-state index contributed by atoms with van der Waals surface area (Å²) in [6, 6.07) is 16.5. The van der Waals surface area contributed by atoms with Crippen LogP contribution in [0.4, 0.5) is 0 Å². The fraction of sp³-hybridized carbons (Fsp3) is 0.250. The van der Waals surface area contributed by atoms with Crippen LogP contribution in [0.5, 0.6) is 5.75 Å². The van der Waals surface area contributed by atoms with Crippen LogP contribution >= 0.6 is 11.6 Å². The molecule has 0 bridgehead atoms. The Kier molecular flexibility index (Phi) is 4.66. The molecule has 2 heteroatoms.